The number of halogens is 1. The molecule has 93 heavy (non-hydrogen) atoms. The summed E-state index contributed by atoms with van der Waals surface area (Å²) in [6.07, 6.45) is 0. The third-order valence-corrected chi connectivity index (χ3v) is 18.2. The van der Waals surface area contributed by atoms with E-state index in [4.69, 9.17) is 17.3 Å². The zero-order valence-electron chi connectivity index (χ0n) is 50.8. The topological polar surface area (TPSA) is 47.9 Å². The molecule has 4 nitrogen and oxygen atoms in total. The minimum absolute atomic E-state index is 0.768. The molecule has 0 fully saturated rings. The molecule has 0 atom stereocenters. The maximum atomic E-state index is 6.16. The molecule has 0 aliphatic rings. The lowest BCUT2D eigenvalue weighted by molar-refractivity contribution is 1.18. The van der Waals surface area contributed by atoms with E-state index in [0.29, 0.717) is 0 Å². The standard InChI is InChI=1S/C44H30N2.C24H18N2.C20H13Cl/c1-2-16-37-33(11-1)29-42(39-18-4-3-17-38(37)39)32-13-9-14-35(27-32)45-34-25-23-30(24-26-34)31-12-10-15-36(28-31)46-43-21-7-5-19-40(43)41-20-6-8-22-44(41)46;25-19-14-12-17(13-15-19)18-6-5-7-20(16-18)26-23-10-3-1-8-21(23)22-9-2-4-11-24(22)26;21-16-8-5-7-14(12-16)20-13-15-6-1-2-9-17(15)18-10-3-4-11-19(18)20/h1-29,45H;1-16H,25H2;1-13H. The summed E-state index contributed by atoms with van der Waals surface area (Å²) in [6, 6.07) is 125. The van der Waals surface area contributed by atoms with Gasteiger partial charge in [0.25, 0.3) is 0 Å². The molecule has 18 aromatic rings. The molecule has 0 spiro atoms. The Morgan fingerprint density at radius 2 is 0.591 bits per heavy atom. The molecular weight excluding hydrogens is 1150 g/mol. The molecule has 0 aliphatic heterocycles. The normalized spacial score (nSPS) is 11.3. The maximum Gasteiger partial charge on any atom is 0.0541 e. The average Bonchev–Trinajstić information content (AvgIpc) is 1.74. The summed E-state index contributed by atoms with van der Waals surface area (Å²) in [5, 5.41) is 19.7. The first-order chi connectivity index (χ1) is 45.9. The van der Waals surface area contributed by atoms with Crippen LogP contribution in [0.4, 0.5) is 17.1 Å². The van der Waals surface area contributed by atoms with Gasteiger partial charge in [-0.1, -0.05) is 254 Å². The average molecular weight is 1210 g/mol. The van der Waals surface area contributed by atoms with Gasteiger partial charge in [0.1, 0.15) is 0 Å². The van der Waals surface area contributed by atoms with E-state index in [1.807, 2.05) is 30.3 Å². The molecule has 0 bridgehead atoms. The molecular formula is C88H61ClN4. The third-order valence-electron chi connectivity index (χ3n) is 18.0. The molecule has 2 aromatic heterocycles. The number of para-hydroxylation sites is 4. The number of benzene rings is 16. The Hall–Kier alpha value is -12.0. The molecule has 0 radical (unpaired) electrons. The summed E-state index contributed by atoms with van der Waals surface area (Å²) in [4.78, 5) is 0. The van der Waals surface area contributed by atoms with Crippen LogP contribution in [-0.2, 0) is 0 Å². The van der Waals surface area contributed by atoms with Crippen molar-refractivity contribution in [1.82, 2.24) is 9.13 Å². The minimum atomic E-state index is 0.768. The van der Waals surface area contributed by atoms with Crippen LogP contribution in [0.15, 0.2) is 352 Å². The van der Waals surface area contributed by atoms with Crippen molar-refractivity contribution >= 4 is 115 Å². The van der Waals surface area contributed by atoms with Crippen LogP contribution in [0, 0.1) is 0 Å². The summed E-state index contributed by atoms with van der Waals surface area (Å²) >= 11 is 6.16. The van der Waals surface area contributed by atoms with E-state index in [-0.39, 0.29) is 0 Å². The van der Waals surface area contributed by atoms with E-state index in [2.05, 4.69) is 336 Å². The summed E-state index contributed by atoms with van der Waals surface area (Å²) in [6.45, 7) is 0. The zero-order chi connectivity index (χ0) is 62.2. The van der Waals surface area contributed by atoms with Crippen LogP contribution < -0.4 is 11.1 Å². The Bertz CT molecular complexity index is 5710. The van der Waals surface area contributed by atoms with Crippen LogP contribution >= 0.6 is 11.6 Å². The smallest absolute Gasteiger partial charge is 0.0541 e. The highest BCUT2D eigenvalue weighted by molar-refractivity contribution is 6.31. The van der Waals surface area contributed by atoms with Crippen LogP contribution in [0.2, 0.25) is 5.02 Å². The summed E-state index contributed by atoms with van der Waals surface area (Å²) in [7, 11) is 0. The predicted octanol–water partition coefficient (Wildman–Crippen LogP) is 24.5. The van der Waals surface area contributed by atoms with E-state index >= 15 is 0 Å². The molecule has 0 amide bonds. The number of nitrogen functional groups attached to an aromatic ring is 1. The molecule has 0 aliphatic carbocycles. The zero-order valence-corrected chi connectivity index (χ0v) is 51.6. The van der Waals surface area contributed by atoms with Crippen molar-refractivity contribution in [2.45, 2.75) is 0 Å². The minimum Gasteiger partial charge on any atom is -0.399 e. The number of aromatic nitrogens is 2. The lowest BCUT2D eigenvalue weighted by Gasteiger charge is -2.13. The summed E-state index contributed by atoms with van der Waals surface area (Å²) in [5.74, 6) is 0. The van der Waals surface area contributed by atoms with Gasteiger partial charge in [-0.05, 0) is 197 Å². The first-order valence-corrected chi connectivity index (χ1v) is 31.9. The van der Waals surface area contributed by atoms with Crippen molar-refractivity contribution in [1.29, 1.82) is 0 Å². The second-order valence-corrected chi connectivity index (χ2v) is 24.1. The van der Waals surface area contributed by atoms with Gasteiger partial charge in [-0.2, -0.15) is 0 Å². The van der Waals surface area contributed by atoms with Gasteiger partial charge in [0.05, 0.1) is 22.1 Å². The Kier molecular flexibility index (Phi) is 14.8. The van der Waals surface area contributed by atoms with E-state index in [9.17, 15) is 0 Å². The first-order valence-electron chi connectivity index (χ1n) is 31.5. The number of rotatable bonds is 8. The number of hydrogen-bond acceptors (Lipinski definition) is 2. The van der Waals surface area contributed by atoms with Gasteiger partial charge < -0.3 is 20.2 Å². The van der Waals surface area contributed by atoms with Crippen molar-refractivity contribution in [3.05, 3.63) is 357 Å². The summed E-state index contributed by atoms with van der Waals surface area (Å²) < 4.78 is 4.71. The molecule has 3 N–H and O–H groups in total. The largest absolute Gasteiger partial charge is 0.399 e. The molecule has 5 heteroatoms. The summed E-state index contributed by atoms with van der Waals surface area (Å²) in [5.41, 5.74) is 25.5. The molecule has 0 saturated heterocycles. The Morgan fingerprint density at radius 1 is 0.237 bits per heavy atom. The SMILES string of the molecule is Clc1cccc(-c2cc3ccccc3c3ccccc23)c1.Nc1ccc(-c2cccc(-n3c4ccccc4c4ccccc43)c2)cc1.c1cc(Nc2ccc(-c3cccc(-n4c5ccccc5c5ccccc54)c3)cc2)cc(-c2cc3ccccc3c3ccccc23)c1. The lowest BCUT2D eigenvalue weighted by Crippen LogP contribution is -1.94. The van der Waals surface area contributed by atoms with Gasteiger partial charge in [-0.3, -0.25) is 0 Å². The second kappa shape index (κ2) is 24.4. The highest BCUT2D eigenvalue weighted by atomic mass is 35.5. The molecule has 0 saturated carbocycles. The highest BCUT2D eigenvalue weighted by Crippen LogP contribution is 2.40. The van der Waals surface area contributed by atoms with Crippen LogP contribution in [-0.4, -0.2) is 9.13 Å². The fourth-order valence-electron chi connectivity index (χ4n) is 13.6. The number of anilines is 3. The fourth-order valence-corrected chi connectivity index (χ4v) is 13.8. The van der Waals surface area contributed by atoms with Crippen molar-refractivity contribution in [3.63, 3.8) is 0 Å². The molecule has 0 unspecified atom stereocenters. The van der Waals surface area contributed by atoms with Crippen molar-refractivity contribution < 1.29 is 0 Å². The first kappa shape index (κ1) is 56.3. The maximum absolute atomic E-state index is 6.16. The number of nitrogens with one attached hydrogen (secondary N) is 1. The monoisotopic (exact) mass is 1210 g/mol. The molecule has 440 valence electrons. The third kappa shape index (κ3) is 10.8. The van der Waals surface area contributed by atoms with Crippen molar-refractivity contribution in [2.24, 2.45) is 0 Å². The van der Waals surface area contributed by atoms with Gasteiger partial charge in [0.2, 0.25) is 0 Å². The van der Waals surface area contributed by atoms with Gasteiger partial charge in [0, 0.05) is 55.0 Å². The van der Waals surface area contributed by atoms with Crippen LogP contribution in [0.3, 0.4) is 0 Å². The highest BCUT2D eigenvalue weighted by Gasteiger charge is 2.16. The lowest BCUT2D eigenvalue weighted by atomic mass is 9.93. The van der Waals surface area contributed by atoms with E-state index in [1.54, 1.807) is 0 Å². The molecule has 16 aromatic carbocycles. The van der Waals surface area contributed by atoms with E-state index < -0.39 is 0 Å². The Balaban J connectivity index is 0.000000123. The second-order valence-electron chi connectivity index (χ2n) is 23.6. The number of hydrogen-bond donors (Lipinski definition) is 2. The van der Waals surface area contributed by atoms with Gasteiger partial charge >= 0.3 is 0 Å². The van der Waals surface area contributed by atoms with E-state index in [0.717, 1.165) is 39.0 Å². The van der Waals surface area contributed by atoms with Crippen LogP contribution in [0.5, 0.6) is 0 Å². The number of fused-ring (bicyclic) bond motifs is 12. The van der Waals surface area contributed by atoms with E-state index in [1.165, 1.54) is 126 Å². The number of nitrogens with two attached hydrogens (primary N) is 1. The Labute approximate surface area is 544 Å². The van der Waals surface area contributed by atoms with Crippen LogP contribution in [0.1, 0.15) is 0 Å². The van der Waals surface area contributed by atoms with Crippen molar-refractivity contribution in [3.8, 4) is 55.9 Å². The number of nitrogens with zero attached hydrogens (tertiary/aromatic N) is 2. The van der Waals surface area contributed by atoms with Crippen LogP contribution in [0.25, 0.3) is 143 Å². The van der Waals surface area contributed by atoms with Gasteiger partial charge in [-0.15, -0.1) is 0 Å². The Morgan fingerprint density at radius 3 is 1.04 bits per heavy atom. The quantitative estimate of drug-likeness (QED) is 0.118. The van der Waals surface area contributed by atoms with Gasteiger partial charge in [-0.25, -0.2) is 0 Å². The molecule has 18 rings (SSSR count). The molecule has 2 heterocycles. The predicted molar refractivity (Wildman–Crippen MR) is 399 cm³/mol. The fraction of sp³-hybridized carbons (Fsp3) is 0. The van der Waals surface area contributed by atoms with Crippen molar-refractivity contribution in [2.75, 3.05) is 11.1 Å². The van der Waals surface area contributed by atoms with Gasteiger partial charge in [0.15, 0.2) is 0 Å².